The molecule has 0 aromatic rings. The molecule has 0 spiro atoms. The first kappa shape index (κ1) is 57.4. The minimum atomic E-state index is -0.0625. The fraction of sp³-hybridized carbons (Fsp3) is 0.680. The number of ketones is 4. The number of rotatable bonds is 4. The average Bonchev–Trinajstić information content (AvgIpc) is 2.66. The van der Waals surface area contributed by atoms with Gasteiger partial charge in [-0.25, -0.2) is 0 Å². The Morgan fingerprint density at radius 2 is 0.667 bits per heavy atom. The van der Waals surface area contributed by atoms with Crippen LogP contribution in [0.1, 0.15) is 116 Å². The van der Waals surface area contributed by atoms with E-state index < -0.39 is 0 Å². The Hall–Kier alpha value is -2.64. The lowest BCUT2D eigenvalue weighted by Crippen LogP contribution is -1.97. The summed E-state index contributed by atoms with van der Waals surface area (Å²) in [5, 5.41) is 0. The molecule has 0 unspecified atom stereocenters. The van der Waals surface area contributed by atoms with Crippen LogP contribution in [0.15, 0.2) is 0 Å². The van der Waals surface area contributed by atoms with E-state index in [-0.39, 0.29) is 36.0 Å². The van der Waals surface area contributed by atoms with Crippen molar-refractivity contribution in [3.63, 3.8) is 0 Å². The summed E-state index contributed by atoms with van der Waals surface area (Å²) in [5.41, 5.74) is 0. The van der Waals surface area contributed by atoms with Crippen LogP contribution in [0.3, 0.4) is 0 Å². The molecule has 0 aliphatic heterocycles. The highest BCUT2D eigenvalue weighted by molar-refractivity contribution is 5.96. The first-order chi connectivity index (χ1) is 15.2. The normalized spacial score (nSPS) is 6.00. The van der Waals surface area contributed by atoms with Crippen molar-refractivity contribution >= 4 is 48.3 Å². The molecule has 0 fully saturated rings. The van der Waals surface area contributed by atoms with Gasteiger partial charge in [0.05, 0.1) is 12.8 Å². The van der Waals surface area contributed by atoms with Gasteiger partial charge in [0, 0.05) is 0 Å². The third-order valence-corrected chi connectivity index (χ3v) is 0.690. The zero-order valence-corrected chi connectivity index (χ0v) is 23.7. The van der Waals surface area contributed by atoms with E-state index in [0.29, 0.717) is 12.6 Å². The van der Waals surface area contributed by atoms with E-state index in [1.165, 1.54) is 61.8 Å². The molecule has 8 nitrogen and oxygen atoms in total. The molecular weight excluding hydrogens is 428 g/mol. The Bertz CT molecular complexity index is 371. The van der Waals surface area contributed by atoms with Crippen molar-refractivity contribution in [2.75, 3.05) is 0 Å². The van der Waals surface area contributed by atoms with Gasteiger partial charge in [0.15, 0.2) is 0 Å². The van der Waals surface area contributed by atoms with E-state index >= 15 is 0 Å². The quantitative estimate of drug-likeness (QED) is 0.385. The van der Waals surface area contributed by atoms with Crippen LogP contribution in [0.2, 0.25) is 0 Å². The standard InChI is InChI=1S/C5H8O2.C3H4O2.2C3H6O.C3H8.2C2H4O.2C2H6/c1-4(6)3-5(2)7;4-2-1-3-5;2*1-3(2)4;1-3-2;2*1-2-3;2*1-2/h3H2,1-2H3;2-3H,1H2;2*1-2H3;3H2,1-2H3;2*2H,1H3;2*1-2H3. The van der Waals surface area contributed by atoms with Gasteiger partial charge in [-0.3, -0.25) is 9.59 Å². The largest absolute Gasteiger partial charge is 0.304 e. The summed E-state index contributed by atoms with van der Waals surface area (Å²) in [7, 11) is 0. The second kappa shape index (κ2) is 88.2. The zero-order valence-electron chi connectivity index (χ0n) is 23.7. The first-order valence-electron chi connectivity index (χ1n) is 10.9. The molecule has 0 saturated heterocycles. The molecule has 0 saturated carbocycles. The van der Waals surface area contributed by atoms with Crippen LogP contribution in [0.25, 0.3) is 0 Å². The van der Waals surface area contributed by atoms with E-state index in [2.05, 4.69) is 13.8 Å². The second-order valence-electron chi connectivity index (χ2n) is 5.14. The van der Waals surface area contributed by atoms with Crippen LogP contribution in [0, 0.1) is 0 Å². The van der Waals surface area contributed by atoms with Gasteiger partial charge in [-0.15, -0.1) is 0 Å². The van der Waals surface area contributed by atoms with Gasteiger partial charge in [0.25, 0.3) is 0 Å². The second-order valence-corrected chi connectivity index (χ2v) is 5.14. The maximum Gasteiger partial charge on any atom is 0.137 e. The Morgan fingerprint density at radius 1 is 0.545 bits per heavy atom. The molecule has 0 aromatic heterocycles. The van der Waals surface area contributed by atoms with Crippen LogP contribution in [0.4, 0.5) is 0 Å². The van der Waals surface area contributed by atoms with Gasteiger partial charge < -0.3 is 28.8 Å². The van der Waals surface area contributed by atoms with Gasteiger partial charge in [0.2, 0.25) is 0 Å². The van der Waals surface area contributed by atoms with Crippen LogP contribution in [-0.2, 0) is 38.4 Å². The fourth-order valence-corrected chi connectivity index (χ4v) is 0.390. The number of Topliss-reactive ketones (excluding diaryl/α,β-unsaturated/α-hetero) is 4. The summed E-state index contributed by atoms with van der Waals surface area (Å²) in [6, 6.07) is 0. The lowest BCUT2D eigenvalue weighted by molar-refractivity contribution is -0.125. The average molecular weight is 481 g/mol. The minimum Gasteiger partial charge on any atom is -0.304 e. The molecule has 0 rings (SSSR count). The van der Waals surface area contributed by atoms with Crippen molar-refractivity contribution in [2.24, 2.45) is 0 Å². The Kier molecular flexibility index (Phi) is 153. The molecule has 0 N–H and O–H groups in total. The molecule has 33 heavy (non-hydrogen) atoms. The maximum absolute atomic E-state index is 10.0. The molecule has 0 bridgehead atoms. The smallest absolute Gasteiger partial charge is 0.137 e. The van der Waals surface area contributed by atoms with E-state index in [1.54, 1.807) is 0 Å². The number of hydrogen-bond acceptors (Lipinski definition) is 8. The molecular formula is C25H52O8. The Morgan fingerprint density at radius 3 is 0.667 bits per heavy atom. The Labute approximate surface area is 203 Å². The predicted molar refractivity (Wildman–Crippen MR) is 138 cm³/mol. The van der Waals surface area contributed by atoms with Crippen LogP contribution in [-0.4, -0.2) is 48.3 Å². The van der Waals surface area contributed by atoms with Crippen LogP contribution >= 0.6 is 0 Å². The number of aldehydes is 4. The van der Waals surface area contributed by atoms with E-state index in [0.717, 1.165) is 12.6 Å². The van der Waals surface area contributed by atoms with Crippen LogP contribution < -0.4 is 0 Å². The SMILES string of the molecule is CC.CC.CC(=O)CC(C)=O.CC(C)=O.CC(C)=O.CC=O.CC=O.CCC.O=CCC=O. The summed E-state index contributed by atoms with van der Waals surface area (Å²) in [6.07, 6.45) is 3.99. The van der Waals surface area contributed by atoms with Gasteiger partial charge in [-0.1, -0.05) is 48.0 Å². The molecule has 0 amide bonds. The van der Waals surface area contributed by atoms with E-state index in [4.69, 9.17) is 9.59 Å². The third kappa shape index (κ3) is 1950. The van der Waals surface area contributed by atoms with Crippen molar-refractivity contribution in [2.45, 2.75) is 116 Å². The highest BCUT2D eigenvalue weighted by atomic mass is 16.2. The van der Waals surface area contributed by atoms with Crippen molar-refractivity contribution < 1.29 is 38.4 Å². The molecule has 200 valence electrons. The van der Waals surface area contributed by atoms with E-state index in [1.807, 2.05) is 27.7 Å². The summed E-state index contributed by atoms with van der Waals surface area (Å²) in [6.45, 7) is 24.1. The van der Waals surface area contributed by atoms with Gasteiger partial charge in [-0.2, -0.15) is 0 Å². The van der Waals surface area contributed by atoms with Crippen molar-refractivity contribution in [3.05, 3.63) is 0 Å². The van der Waals surface area contributed by atoms with Crippen molar-refractivity contribution in [1.82, 2.24) is 0 Å². The molecule has 0 heterocycles. The maximum atomic E-state index is 10.0. The summed E-state index contributed by atoms with van der Waals surface area (Å²) >= 11 is 0. The lowest BCUT2D eigenvalue weighted by Gasteiger charge is -1.81. The number of carbonyl (C=O) groups is 8. The topological polar surface area (TPSA) is 137 Å². The molecule has 0 aliphatic rings. The first-order valence-corrected chi connectivity index (χ1v) is 10.9. The molecule has 0 aliphatic carbocycles. The number of carbonyl (C=O) groups excluding carboxylic acids is 8. The molecule has 0 aromatic carbocycles. The summed E-state index contributed by atoms with van der Waals surface area (Å²) < 4.78 is 0. The molecule has 0 atom stereocenters. The summed E-state index contributed by atoms with van der Waals surface area (Å²) in [5.74, 6) is 0.208. The predicted octanol–water partition coefficient (Wildman–Crippen LogP) is 5.40. The summed E-state index contributed by atoms with van der Waals surface area (Å²) in [4.78, 5) is 74.9. The molecule has 8 heteroatoms. The Balaban J connectivity index is -0.0000000290. The van der Waals surface area contributed by atoms with Crippen LogP contribution in [0.5, 0.6) is 0 Å². The third-order valence-electron chi connectivity index (χ3n) is 0.690. The lowest BCUT2D eigenvalue weighted by atomic mass is 10.2. The minimum absolute atomic E-state index is 0.0278. The van der Waals surface area contributed by atoms with E-state index in [9.17, 15) is 28.8 Å². The number of hydrogen-bond donors (Lipinski definition) is 0. The highest BCUT2D eigenvalue weighted by Crippen LogP contribution is 1.80. The monoisotopic (exact) mass is 480 g/mol. The van der Waals surface area contributed by atoms with Gasteiger partial charge in [0.1, 0.15) is 48.3 Å². The van der Waals surface area contributed by atoms with Crippen molar-refractivity contribution in [1.29, 1.82) is 0 Å². The highest BCUT2D eigenvalue weighted by Gasteiger charge is 1.94. The molecule has 0 radical (unpaired) electrons. The van der Waals surface area contributed by atoms with Gasteiger partial charge >= 0.3 is 0 Å². The van der Waals surface area contributed by atoms with Crippen molar-refractivity contribution in [3.8, 4) is 0 Å². The zero-order chi connectivity index (χ0) is 29.3. The fourth-order valence-electron chi connectivity index (χ4n) is 0.390. The van der Waals surface area contributed by atoms with Gasteiger partial charge in [-0.05, 0) is 55.4 Å².